The van der Waals surface area contributed by atoms with Crippen LogP contribution in [0.3, 0.4) is 0 Å². The van der Waals surface area contributed by atoms with Crippen LogP contribution in [0.25, 0.3) is 22.4 Å². The molecule has 0 unspecified atom stereocenters. The fourth-order valence-corrected chi connectivity index (χ4v) is 3.52. The third-order valence-corrected chi connectivity index (χ3v) is 5.60. The summed E-state index contributed by atoms with van der Waals surface area (Å²) >= 11 is 0. The van der Waals surface area contributed by atoms with Gasteiger partial charge in [0.2, 0.25) is 0 Å². The number of carbonyl (C=O) groups is 1. The smallest absolute Gasteiger partial charge is 0.167 e. The van der Waals surface area contributed by atoms with E-state index in [4.69, 9.17) is 4.98 Å². The lowest BCUT2D eigenvalue weighted by molar-refractivity contribution is 0.0993. The van der Waals surface area contributed by atoms with Crippen LogP contribution in [-0.2, 0) is 6.42 Å². The Morgan fingerprint density at radius 2 is 1.71 bits per heavy atom. The van der Waals surface area contributed by atoms with Gasteiger partial charge in [0.05, 0.1) is 11.0 Å². The first-order valence-electron chi connectivity index (χ1n) is 9.58. The summed E-state index contributed by atoms with van der Waals surface area (Å²) in [4.78, 5) is 20.9. The molecule has 3 aromatic carbocycles. The number of carbonyl (C=O) groups excluding carboxylic acids is 1. The minimum Gasteiger partial charge on any atom is -0.338 e. The minimum absolute atomic E-state index is 0.119. The van der Waals surface area contributed by atoms with Crippen LogP contribution in [0.2, 0.25) is 0 Å². The Bertz CT molecular complexity index is 1200. The second-order valence-electron chi connectivity index (χ2n) is 7.58. The molecule has 0 spiro atoms. The van der Waals surface area contributed by atoms with Gasteiger partial charge in [-0.15, -0.1) is 0 Å². The lowest BCUT2D eigenvalue weighted by atomic mass is 9.99. The van der Waals surface area contributed by atoms with Gasteiger partial charge in [-0.3, -0.25) is 4.79 Å². The van der Waals surface area contributed by atoms with Crippen molar-refractivity contribution in [2.75, 3.05) is 0 Å². The number of aromatic amines is 1. The van der Waals surface area contributed by atoms with E-state index >= 15 is 0 Å². The number of aromatic nitrogens is 2. The number of Topliss-reactive ketones (excluding diaryl/α,β-unsaturated/α-hetero) is 1. The summed E-state index contributed by atoms with van der Waals surface area (Å²) in [5.41, 5.74) is 9.53. The van der Waals surface area contributed by atoms with Crippen LogP contribution in [0.4, 0.5) is 0 Å². The molecule has 3 heteroatoms. The second-order valence-corrected chi connectivity index (χ2v) is 7.58. The number of ketones is 1. The Labute approximate surface area is 165 Å². The lowest BCUT2D eigenvalue weighted by Gasteiger charge is -2.05. The molecule has 0 saturated heterocycles. The molecule has 140 valence electrons. The Morgan fingerprint density at radius 1 is 0.893 bits per heavy atom. The predicted molar refractivity (Wildman–Crippen MR) is 115 cm³/mol. The van der Waals surface area contributed by atoms with Crippen molar-refractivity contribution in [2.24, 2.45) is 0 Å². The van der Waals surface area contributed by atoms with Crippen LogP contribution in [0, 0.1) is 27.7 Å². The highest BCUT2D eigenvalue weighted by molar-refractivity contribution is 6.00. The standard InChI is InChI=1S/C25H24N2O/c1-15-8-9-19(12-17(15)3)13-24(28)20-10-11-22-23(14-20)27-25(26-22)21-7-5-6-16(2)18(21)4/h5-12,14H,13H2,1-4H3,(H,26,27). The summed E-state index contributed by atoms with van der Waals surface area (Å²) in [7, 11) is 0. The first kappa shape index (κ1) is 18.2. The Morgan fingerprint density at radius 3 is 2.50 bits per heavy atom. The van der Waals surface area contributed by atoms with Gasteiger partial charge < -0.3 is 4.98 Å². The van der Waals surface area contributed by atoms with Gasteiger partial charge in [-0.25, -0.2) is 4.98 Å². The molecular formula is C25H24N2O. The molecule has 1 N–H and O–H groups in total. The van der Waals surface area contributed by atoms with Crippen LogP contribution in [-0.4, -0.2) is 15.8 Å². The van der Waals surface area contributed by atoms with Gasteiger partial charge in [0, 0.05) is 17.5 Å². The van der Waals surface area contributed by atoms with E-state index in [0.29, 0.717) is 12.0 Å². The molecule has 4 aromatic rings. The van der Waals surface area contributed by atoms with Crippen molar-refractivity contribution in [3.05, 3.63) is 88.0 Å². The molecule has 0 radical (unpaired) electrons. The highest BCUT2D eigenvalue weighted by Crippen LogP contribution is 2.26. The third kappa shape index (κ3) is 3.36. The van der Waals surface area contributed by atoms with Gasteiger partial charge in [-0.1, -0.05) is 36.4 Å². The number of fused-ring (bicyclic) bond motifs is 1. The number of nitrogens with zero attached hydrogens (tertiary/aromatic N) is 1. The largest absolute Gasteiger partial charge is 0.338 e. The molecule has 3 nitrogen and oxygen atoms in total. The molecule has 0 atom stereocenters. The average molecular weight is 368 g/mol. The van der Waals surface area contributed by atoms with Crippen molar-refractivity contribution in [3.63, 3.8) is 0 Å². The molecule has 0 saturated carbocycles. The van der Waals surface area contributed by atoms with E-state index in [1.165, 1.54) is 22.3 Å². The van der Waals surface area contributed by atoms with Crippen LogP contribution in [0.5, 0.6) is 0 Å². The molecule has 0 aliphatic carbocycles. The highest BCUT2D eigenvalue weighted by Gasteiger charge is 2.12. The molecule has 0 aliphatic heterocycles. The highest BCUT2D eigenvalue weighted by atomic mass is 16.1. The molecule has 0 fully saturated rings. The fourth-order valence-electron chi connectivity index (χ4n) is 3.52. The predicted octanol–water partition coefficient (Wildman–Crippen LogP) is 5.89. The first-order chi connectivity index (χ1) is 13.4. The SMILES string of the molecule is Cc1ccc(CC(=O)c2ccc3nc(-c4cccc(C)c4C)[nH]c3c2)cc1C. The molecule has 0 bridgehead atoms. The molecule has 0 amide bonds. The number of benzene rings is 3. The summed E-state index contributed by atoms with van der Waals surface area (Å²) in [5, 5.41) is 0. The quantitative estimate of drug-likeness (QED) is 0.457. The topological polar surface area (TPSA) is 45.8 Å². The second kappa shape index (κ2) is 7.08. The third-order valence-electron chi connectivity index (χ3n) is 5.60. The van der Waals surface area contributed by atoms with E-state index in [1.807, 2.05) is 30.3 Å². The summed E-state index contributed by atoms with van der Waals surface area (Å²) in [6.07, 6.45) is 0.407. The minimum atomic E-state index is 0.119. The number of imidazole rings is 1. The number of hydrogen-bond donors (Lipinski definition) is 1. The van der Waals surface area contributed by atoms with Gasteiger partial charge in [-0.05, 0) is 73.7 Å². The monoisotopic (exact) mass is 368 g/mol. The summed E-state index contributed by atoms with van der Waals surface area (Å²) in [6, 6.07) is 18.1. The molecule has 28 heavy (non-hydrogen) atoms. The Kier molecular flexibility index (Phi) is 4.60. The van der Waals surface area contributed by atoms with E-state index in [0.717, 1.165) is 28.0 Å². The zero-order valence-corrected chi connectivity index (χ0v) is 16.8. The van der Waals surface area contributed by atoms with Crippen LogP contribution in [0.15, 0.2) is 54.6 Å². The van der Waals surface area contributed by atoms with Crippen molar-refractivity contribution in [2.45, 2.75) is 34.1 Å². The normalized spacial score (nSPS) is 11.1. The molecular weight excluding hydrogens is 344 g/mol. The Balaban J connectivity index is 1.65. The van der Waals surface area contributed by atoms with Crippen LogP contribution in [0.1, 0.15) is 38.2 Å². The number of rotatable bonds is 4. The summed E-state index contributed by atoms with van der Waals surface area (Å²) < 4.78 is 0. The van der Waals surface area contributed by atoms with E-state index < -0.39 is 0 Å². The number of H-pyrrole nitrogens is 1. The summed E-state index contributed by atoms with van der Waals surface area (Å²) in [5.74, 6) is 0.961. The molecule has 4 rings (SSSR count). The average Bonchev–Trinajstić information content (AvgIpc) is 3.10. The van der Waals surface area contributed by atoms with E-state index in [9.17, 15) is 4.79 Å². The molecule has 0 aliphatic rings. The molecule has 1 heterocycles. The number of nitrogens with one attached hydrogen (secondary N) is 1. The van der Waals surface area contributed by atoms with Crippen LogP contribution < -0.4 is 0 Å². The molecule has 1 aromatic heterocycles. The van der Waals surface area contributed by atoms with E-state index in [2.05, 4.69) is 56.9 Å². The van der Waals surface area contributed by atoms with E-state index in [1.54, 1.807) is 0 Å². The Hall–Kier alpha value is -3.20. The van der Waals surface area contributed by atoms with Gasteiger partial charge in [0.25, 0.3) is 0 Å². The van der Waals surface area contributed by atoms with Gasteiger partial charge in [0.15, 0.2) is 5.78 Å². The lowest BCUT2D eigenvalue weighted by Crippen LogP contribution is -2.04. The van der Waals surface area contributed by atoms with Gasteiger partial charge in [-0.2, -0.15) is 0 Å². The van der Waals surface area contributed by atoms with Crippen LogP contribution >= 0.6 is 0 Å². The first-order valence-corrected chi connectivity index (χ1v) is 9.58. The van der Waals surface area contributed by atoms with Gasteiger partial charge in [0.1, 0.15) is 5.82 Å². The van der Waals surface area contributed by atoms with Crippen molar-refractivity contribution >= 4 is 16.8 Å². The zero-order valence-electron chi connectivity index (χ0n) is 16.8. The zero-order chi connectivity index (χ0) is 19.8. The maximum absolute atomic E-state index is 12.8. The van der Waals surface area contributed by atoms with Crippen molar-refractivity contribution in [1.29, 1.82) is 0 Å². The van der Waals surface area contributed by atoms with Gasteiger partial charge >= 0.3 is 0 Å². The van der Waals surface area contributed by atoms with Crippen molar-refractivity contribution < 1.29 is 4.79 Å². The maximum atomic E-state index is 12.8. The van der Waals surface area contributed by atoms with Crippen molar-refractivity contribution in [1.82, 2.24) is 9.97 Å². The fraction of sp³-hybridized carbons (Fsp3) is 0.200. The number of aryl methyl sites for hydroxylation is 3. The summed E-state index contributed by atoms with van der Waals surface area (Å²) in [6.45, 7) is 8.37. The van der Waals surface area contributed by atoms with E-state index in [-0.39, 0.29) is 5.78 Å². The number of hydrogen-bond acceptors (Lipinski definition) is 2. The maximum Gasteiger partial charge on any atom is 0.167 e. The van der Waals surface area contributed by atoms with Crippen molar-refractivity contribution in [3.8, 4) is 11.4 Å².